The van der Waals surface area contributed by atoms with Crippen molar-refractivity contribution in [2.75, 3.05) is 6.26 Å². The highest BCUT2D eigenvalue weighted by atomic mass is 32.2. The lowest BCUT2D eigenvalue weighted by atomic mass is 9.91. The summed E-state index contributed by atoms with van der Waals surface area (Å²) in [7, 11) is 0. The molecule has 1 unspecified atom stereocenters. The van der Waals surface area contributed by atoms with Crippen LogP contribution in [0.4, 0.5) is 0 Å². The Balaban J connectivity index is 1.90. The molecule has 2 amide bonds. The van der Waals surface area contributed by atoms with Crippen molar-refractivity contribution in [2.45, 2.75) is 78.9 Å². The first-order valence-corrected chi connectivity index (χ1v) is 16.5. The number of allylic oxidation sites excluding steroid dienone is 2. The van der Waals surface area contributed by atoms with E-state index in [1.54, 1.807) is 11.8 Å². The first-order valence-electron chi connectivity index (χ1n) is 15.2. The smallest absolute Gasteiger partial charge is 0.303 e. The summed E-state index contributed by atoms with van der Waals surface area (Å²) in [5.41, 5.74) is 7.76. The second-order valence-electron chi connectivity index (χ2n) is 11.8. The summed E-state index contributed by atoms with van der Waals surface area (Å²) in [6.07, 6.45) is 8.71. The van der Waals surface area contributed by atoms with Crippen LogP contribution in [0.2, 0.25) is 0 Å². The summed E-state index contributed by atoms with van der Waals surface area (Å²) in [5.74, 6) is -2.26. The molecule has 5 N–H and O–H groups in total. The minimum atomic E-state index is -0.919. The van der Waals surface area contributed by atoms with E-state index < -0.39 is 11.9 Å². The van der Waals surface area contributed by atoms with Gasteiger partial charge in [-0.05, 0) is 92.3 Å². The second kappa shape index (κ2) is 13.9. The number of rotatable bonds is 12. The van der Waals surface area contributed by atoms with Crippen molar-refractivity contribution in [3.05, 3.63) is 61.2 Å². The van der Waals surface area contributed by atoms with E-state index >= 15 is 0 Å². The van der Waals surface area contributed by atoms with Crippen molar-refractivity contribution < 1.29 is 29.4 Å². The normalized spacial score (nSPS) is 20.9. The summed E-state index contributed by atoms with van der Waals surface area (Å²) in [5, 5.41) is 23.6. The summed E-state index contributed by atoms with van der Waals surface area (Å²) >= 11 is 1.70. The third-order valence-corrected chi connectivity index (χ3v) is 10.1. The maximum absolute atomic E-state index is 12.6. The molecule has 0 spiro atoms. The SMILES string of the molecule is CCC1=C(C)C(/C=c2/[nH]/c(=C\c3[nH]c(/C=C4\NC(=O)[C@H](C)C4[C@@H](C)SC)c(C)c3CCC(=O)O)c(CCC(=O)O)c2C)=NC1=O. The number of aliphatic carboxylic acids is 2. The molecule has 0 radical (unpaired) electrons. The van der Waals surface area contributed by atoms with Gasteiger partial charge in [-0.25, -0.2) is 4.99 Å². The highest BCUT2D eigenvalue weighted by Gasteiger charge is 2.38. The average molecular weight is 635 g/mol. The molecule has 0 bridgehead atoms. The van der Waals surface area contributed by atoms with Crippen LogP contribution in [0.25, 0.3) is 18.2 Å². The van der Waals surface area contributed by atoms with Gasteiger partial charge in [-0.15, -0.1) is 0 Å². The number of carboxylic acids is 2. The lowest BCUT2D eigenvalue weighted by Crippen LogP contribution is -2.20. The number of aromatic nitrogens is 2. The Bertz CT molecular complexity index is 1770. The number of hydrogen-bond donors (Lipinski definition) is 5. The van der Waals surface area contributed by atoms with Crippen LogP contribution >= 0.6 is 11.8 Å². The van der Waals surface area contributed by atoms with Crippen molar-refractivity contribution in [3.63, 3.8) is 0 Å². The molecule has 2 aromatic rings. The number of amides is 2. The van der Waals surface area contributed by atoms with Crippen molar-refractivity contribution >= 4 is 59.5 Å². The Morgan fingerprint density at radius 1 is 0.933 bits per heavy atom. The van der Waals surface area contributed by atoms with Gasteiger partial charge < -0.3 is 25.5 Å². The molecule has 4 rings (SSSR count). The van der Waals surface area contributed by atoms with Gasteiger partial charge in [-0.1, -0.05) is 20.8 Å². The fourth-order valence-electron chi connectivity index (χ4n) is 6.28. The van der Waals surface area contributed by atoms with E-state index in [1.165, 1.54) is 0 Å². The number of carbonyl (C=O) groups is 4. The van der Waals surface area contributed by atoms with Gasteiger partial charge in [0.05, 0.1) is 5.71 Å². The van der Waals surface area contributed by atoms with Crippen LogP contribution in [0.5, 0.6) is 0 Å². The number of nitrogens with zero attached hydrogens (tertiary/aromatic N) is 1. The molecule has 0 saturated carbocycles. The van der Waals surface area contributed by atoms with Gasteiger partial charge in [0.15, 0.2) is 0 Å². The molecule has 240 valence electrons. The molecule has 2 aliphatic rings. The number of carboxylic acid groups (broad SMARTS) is 2. The van der Waals surface area contributed by atoms with E-state index in [-0.39, 0.29) is 54.6 Å². The Kier molecular flexibility index (Phi) is 10.4. The van der Waals surface area contributed by atoms with Crippen molar-refractivity contribution in [1.82, 2.24) is 15.3 Å². The van der Waals surface area contributed by atoms with Crippen LogP contribution in [-0.2, 0) is 32.0 Å². The molecule has 2 aromatic heterocycles. The highest BCUT2D eigenvalue weighted by molar-refractivity contribution is 7.99. The largest absolute Gasteiger partial charge is 0.481 e. The zero-order chi connectivity index (χ0) is 33.2. The first-order chi connectivity index (χ1) is 21.3. The summed E-state index contributed by atoms with van der Waals surface area (Å²) in [6, 6.07) is 0. The number of nitrogens with one attached hydrogen (secondary N) is 3. The minimum Gasteiger partial charge on any atom is -0.481 e. The maximum atomic E-state index is 12.6. The molecule has 0 aliphatic carbocycles. The van der Waals surface area contributed by atoms with Crippen LogP contribution in [-0.4, -0.2) is 61.2 Å². The zero-order valence-corrected chi connectivity index (χ0v) is 27.7. The molecule has 2 aliphatic heterocycles. The zero-order valence-electron chi connectivity index (χ0n) is 26.9. The predicted octanol–water partition coefficient (Wildman–Crippen LogP) is 3.79. The molecular weight excluding hydrogens is 592 g/mol. The standard InChI is InChI=1S/C34H42N4O6S/c1-8-21-16(2)26(37-34(21)44)13-24-17(3)22(9-11-30(39)40)27(35-24)15-28-23(10-12-31(41)42)18(4)25(36-28)14-29-32(20(6)45-7)19(5)33(43)38-29/h13-15,19-20,32,35-36H,8-12H2,1-7H3,(H,38,43)(H,39,40)(H,41,42)/b24-13+,27-15-,29-14-/t19-,20-,32?/m1/s1. The van der Waals surface area contributed by atoms with Gasteiger partial charge in [0.25, 0.3) is 5.91 Å². The molecular formula is C34H42N4O6S. The summed E-state index contributed by atoms with van der Waals surface area (Å²) in [4.78, 5) is 59.3. The van der Waals surface area contributed by atoms with Gasteiger partial charge >= 0.3 is 11.9 Å². The Labute approximate surface area is 266 Å². The van der Waals surface area contributed by atoms with Gasteiger partial charge in [0.2, 0.25) is 5.91 Å². The van der Waals surface area contributed by atoms with Crippen LogP contribution in [0, 0.1) is 25.7 Å². The summed E-state index contributed by atoms with van der Waals surface area (Å²) < 4.78 is 0. The number of aromatic amines is 2. The van der Waals surface area contributed by atoms with Gasteiger partial charge in [-0.2, -0.15) is 11.8 Å². The third kappa shape index (κ3) is 7.08. The second-order valence-corrected chi connectivity index (χ2v) is 13.0. The van der Waals surface area contributed by atoms with Gasteiger partial charge in [0.1, 0.15) is 0 Å². The molecule has 45 heavy (non-hydrogen) atoms. The average Bonchev–Trinajstić information content (AvgIpc) is 3.63. The monoisotopic (exact) mass is 634 g/mol. The molecule has 1 saturated heterocycles. The topological polar surface area (TPSA) is 165 Å². The number of carbonyl (C=O) groups excluding carboxylic acids is 2. The predicted molar refractivity (Wildman–Crippen MR) is 177 cm³/mol. The van der Waals surface area contributed by atoms with Crippen molar-refractivity contribution in [1.29, 1.82) is 0 Å². The van der Waals surface area contributed by atoms with Crippen LogP contribution in [0.15, 0.2) is 21.8 Å². The van der Waals surface area contributed by atoms with E-state index in [1.807, 2.05) is 59.1 Å². The quantitative estimate of drug-likeness (QED) is 0.237. The van der Waals surface area contributed by atoms with Gasteiger partial charge in [0, 0.05) is 63.3 Å². The number of H-pyrrole nitrogens is 2. The molecule has 1 fully saturated rings. The van der Waals surface area contributed by atoms with Gasteiger partial charge in [-0.3, -0.25) is 19.2 Å². The van der Waals surface area contributed by atoms with Crippen LogP contribution in [0.1, 0.15) is 80.6 Å². The van der Waals surface area contributed by atoms with Crippen LogP contribution in [0.3, 0.4) is 0 Å². The number of thioether (sulfide) groups is 1. The van der Waals surface area contributed by atoms with E-state index in [0.29, 0.717) is 28.7 Å². The third-order valence-electron chi connectivity index (χ3n) is 9.08. The molecule has 0 aromatic carbocycles. The van der Waals surface area contributed by atoms with E-state index in [4.69, 9.17) is 0 Å². The fourth-order valence-corrected chi connectivity index (χ4v) is 6.96. The van der Waals surface area contributed by atoms with E-state index in [0.717, 1.165) is 44.6 Å². The van der Waals surface area contributed by atoms with E-state index in [9.17, 15) is 29.4 Å². The molecule has 3 atom stereocenters. The van der Waals surface area contributed by atoms with E-state index in [2.05, 4.69) is 27.2 Å². The first kappa shape index (κ1) is 33.8. The minimum absolute atomic E-state index is 0.00739. The number of aliphatic imine (C=N–C) groups is 1. The van der Waals surface area contributed by atoms with Crippen molar-refractivity contribution in [3.8, 4) is 0 Å². The Morgan fingerprint density at radius 2 is 1.58 bits per heavy atom. The van der Waals surface area contributed by atoms with Crippen LogP contribution < -0.4 is 16.0 Å². The Hall–Kier alpha value is -4.12. The summed E-state index contributed by atoms with van der Waals surface area (Å²) in [6.45, 7) is 11.7. The number of hydrogen-bond acceptors (Lipinski definition) is 5. The fraction of sp³-hybridized carbons (Fsp3) is 0.441. The molecule has 11 heteroatoms. The molecule has 10 nitrogen and oxygen atoms in total. The highest BCUT2D eigenvalue weighted by Crippen LogP contribution is 2.36. The van der Waals surface area contributed by atoms with Crippen molar-refractivity contribution in [2.24, 2.45) is 16.8 Å². The lowest BCUT2D eigenvalue weighted by molar-refractivity contribution is -0.138. The molecule has 4 heterocycles. The Morgan fingerprint density at radius 3 is 2.16 bits per heavy atom. The lowest BCUT2D eigenvalue weighted by Gasteiger charge is -2.20. The maximum Gasteiger partial charge on any atom is 0.303 e.